The molecule has 4 heteroatoms. The number of hydrogen-bond donors (Lipinski definition) is 1. The van der Waals surface area contributed by atoms with Crippen LogP contribution in [0.1, 0.15) is 49.2 Å². The molecule has 1 unspecified atom stereocenters. The summed E-state index contributed by atoms with van der Waals surface area (Å²) >= 11 is 1.52. The highest BCUT2D eigenvalue weighted by Gasteiger charge is 2.15. The number of nitrogens with zero attached hydrogens (tertiary/aromatic N) is 2. The molecule has 1 N–H and O–H groups in total. The molecule has 0 aromatic carbocycles. The van der Waals surface area contributed by atoms with Crippen LogP contribution in [0.3, 0.4) is 0 Å². The van der Waals surface area contributed by atoms with Crippen LogP contribution in [0.5, 0.6) is 0 Å². The Kier molecular flexibility index (Phi) is 6.26. The van der Waals surface area contributed by atoms with E-state index in [-0.39, 0.29) is 0 Å². The number of aryl methyl sites for hydroxylation is 1. The van der Waals surface area contributed by atoms with Crippen LogP contribution in [0.4, 0.5) is 0 Å². The van der Waals surface area contributed by atoms with E-state index in [9.17, 15) is 0 Å². The Bertz CT molecular complexity index is 309. The average Bonchev–Trinajstić information content (AvgIpc) is 2.70. The molecule has 0 radical (unpaired) electrons. The van der Waals surface area contributed by atoms with Gasteiger partial charge in [0.25, 0.3) is 0 Å². The van der Waals surface area contributed by atoms with Crippen molar-refractivity contribution < 1.29 is 0 Å². The minimum atomic E-state index is 0.417. The summed E-state index contributed by atoms with van der Waals surface area (Å²) < 4.78 is 4.01. The van der Waals surface area contributed by atoms with Crippen molar-refractivity contribution in [3.05, 3.63) is 23.2 Å². The number of hydrogen-bond acceptors (Lipinski definition) is 4. The summed E-state index contributed by atoms with van der Waals surface area (Å²) in [4.78, 5) is 1.29. The van der Waals surface area contributed by atoms with Crippen molar-refractivity contribution in [3.63, 3.8) is 0 Å². The van der Waals surface area contributed by atoms with Crippen molar-refractivity contribution in [2.75, 3.05) is 6.54 Å². The van der Waals surface area contributed by atoms with Gasteiger partial charge < -0.3 is 5.32 Å². The molecule has 0 saturated carbocycles. The average molecular weight is 239 g/mol. The van der Waals surface area contributed by atoms with Crippen molar-refractivity contribution in [2.24, 2.45) is 0 Å². The van der Waals surface area contributed by atoms with Gasteiger partial charge in [-0.1, -0.05) is 17.5 Å². The number of aromatic nitrogens is 2. The zero-order chi connectivity index (χ0) is 11.8. The number of nitrogens with one attached hydrogen (secondary N) is 1. The summed E-state index contributed by atoms with van der Waals surface area (Å²) in [5.41, 5.74) is 1.07. The number of rotatable bonds is 8. The summed E-state index contributed by atoms with van der Waals surface area (Å²) in [6.07, 6.45) is 6.52. The highest BCUT2D eigenvalue weighted by molar-refractivity contribution is 7.05. The van der Waals surface area contributed by atoms with Gasteiger partial charge in [0.2, 0.25) is 0 Å². The summed E-state index contributed by atoms with van der Waals surface area (Å²) in [6, 6.07) is 0.417. The van der Waals surface area contributed by atoms with E-state index in [1.54, 1.807) is 0 Å². The molecule has 0 amide bonds. The molecule has 1 aromatic rings. The number of unbranched alkanes of at least 4 members (excludes halogenated alkanes) is 1. The first-order valence-electron chi connectivity index (χ1n) is 5.92. The quantitative estimate of drug-likeness (QED) is 0.559. The Morgan fingerprint density at radius 1 is 1.56 bits per heavy atom. The van der Waals surface area contributed by atoms with Gasteiger partial charge in [-0.25, -0.2) is 0 Å². The normalized spacial score (nSPS) is 12.6. The van der Waals surface area contributed by atoms with Gasteiger partial charge in [0, 0.05) is 6.04 Å². The highest BCUT2D eigenvalue weighted by Crippen LogP contribution is 2.24. The third-order valence-electron chi connectivity index (χ3n) is 2.54. The second kappa shape index (κ2) is 7.52. The second-order valence-electron chi connectivity index (χ2n) is 3.95. The molecule has 1 aromatic heterocycles. The van der Waals surface area contributed by atoms with Crippen molar-refractivity contribution in [3.8, 4) is 0 Å². The summed E-state index contributed by atoms with van der Waals surface area (Å²) in [5, 5.41) is 7.65. The van der Waals surface area contributed by atoms with Crippen molar-refractivity contribution in [1.82, 2.24) is 14.9 Å². The van der Waals surface area contributed by atoms with E-state index in [4.69, 9.17) is 0 Å². The zero-order valence-corrected chi connectivity index (χ0v) is 11.0. The first-order valence-corrected chi connectivity index (χ1v) is 6.70. The molecule has 0 bridgehead atoms. The Morgan fingerprint density at radius 2 is 2.38 bits per heavy atom. The lowest BCUT2D eigenvalue weighted by Gasteiger charge is -2.16. The number of allylic oxidation sites excluding steroid dienone is 1. The van der Waals surface area contributed by atoms with Crippen molar-refractivity contribution in [1.29, 1.82) is 0 Å². The molecule has 0 spiro atoms. The predicted molar refractivity (Wildman–Crippen MR) is 69.7 cm³/mol. The summed E-state index contributed by atoms with van der Waals surface area (Å²) in [5.74, 6) is 0. The van der Waals surface area contributed by atoms with Crippen LogP contribution in [0, 0.1) is 6.92 Å². The Labute approximate surface area is 102 Å². The van der Waals surface area contributed by atoms with E-state index in [1.165, 1.54) is 22.8 Å². The topological polar surface area (TPSA) is 37.8 Å². The molecule has 0 aliphatic rings. The SMILES string of the molecule is C=CCCCC(NCCC)c1snnc1C. The van der Waals surface area contributed by atoms with Crippen LogP contribution in [-0.4, -0.2) is 16.1 Å². The molecule has 0 aliphatic carbocycles. The molecule has 0 fully saturated rings. The monoisotopic (exact) mass is 239 g/mol. The zero-order valence-electron chi connectivity index (χ0n) is 10.2. The first kappa shape index (κ1) is 13.3. The van der Waals surface area contributed by atoms with Crippen molar-refractivity contribution >= 4 is 11.5 Å². The molecule has 0 saturated heterocycles. The van der Waals surface area contributed by atoms with Gasteiger partial charge in [-0.3, -0.25) is 0 Å². The van der Waals surface area contributed by atoms with Crippen LogP contribution >= 0.6 is 11.5 Å². The van der Waals surface area contributed by atoms with Gasteiger partial charge in [-0.05, 0) is 50.7 Å². The van der Waals surface area contributed by atoms with Crippen molar-refractivity contribution in [2.45, 2.75) is 45.6 Å². The standard InChI is InChI=1S/C12H21N3S/c1-4-6-7-8-11(13-9-5-2)12-10(3)14-15-16-12/h4,11,13H,1,5-9H2,2-3H3. The molecule has 1 rings (SSSR count). The van der Waals surface area contributed by atoms with Crippen LogP contribution in [-0.2, 0) is 0 Å². The third-order valence-corrected chi connectivity index (χ3v) is 3.48. The first-order chi connectivity index (χ1) is 7.79. The van der Waals surface area contributed by atoms with Crippen LogP contribution in [0.15, 0.2) is 12.7 Å². The van der Waals surface area contributed by atoms with Gasteiger partial charge in [-0.15, -0.1) is 11.7 Å². The fraction of sp³-hybridized carbons (Fsp3) is 0.667. The minimum absolute atomic E-state index is 0.417. The maximum absolute atomic E-state index is 4.08. The Morgan fingerprint density at radius 3 is 2.94 bits per heavy atom. The molecular formula is C12H21N3S. The lowest BCUT2D eigenvalue weighted by Crippen LogP contribution is -2.22. The van der Waals surface area contributed by atoms with Crippen LogP contribution < -0.4 is 5.32 Å². The predicted octanol–water partition coefficient (Wildman–Crippen LogP) is 3.24. The molecule has 3 nitrogen and oxygen atoms in total. The Hall–Kier alpha value is -0.740. The van der Waals surface area contributed by atoms with E-state index < -0.39 is 0 Å². The highest BCUT2D eigenvalue weighted by atomic mass is 32.1. The second-order valence-corrected chi connectivity index (χ2v) is 4.73. The molecule has 16 heavy (non-hydrogen) atoms. The van der Waals surface area contributed by atoms with Crippen LogP contribution in [0.2, 0.25) is 0 Å². The lowest BCUT2D eigenvalue weighted by molar-refractivity contribution is 0.490. The minimum Gasteiger partial charge on any atom is -0.309 e. The molecule has 1 atom stereocenters. The van der Waals surface area contributed by atoms with Gasteiger partial charge in [-0.2, -0.15) is 0 Å². The molecule has 1 heterocycles. The van der Waals surface area contributed by atoms with Gasteiger partial charge >= 0.3 is 0 Å². The van der Waals surface area contributed by atoms with Crippen LogP contribution in [0.25, 0.3) is 0 Å². The van der Waals surface area contributed by atoms with E-state index in [0.29, 0.717) is 6.04 Å². The van der Waals surface area contributed by atoms with Gasteiger partial charge in [0.15, 0.2) is 0 Å². The maximum Gasteiger partial charge on any atom is 0.0772 e. The van der Waals surface area contributed by atoms with E-state index in [2.05, 4.69) is 28.4 Å². The molecular weight excluding hydrogens is 218 g/mol. The van der Waals surface area contributed by atoms with Gasteiger partial charge in [0.1, 0.15) is 0 Å². The van der Waals surface area contributed by atoms with E-state index in [1.807, 2.05) is 13.0 Å². The third kappa shape index (κ3) is 4.02. The van der Waals surface area contributed by atoms with Gasteiger partial charge in [0.05, 0.1) is 10.6 Å². The Balaban J connectivity index is 2.56. The fourth-order valence-corrected chi connectivity index (χ4v) is 2.42. The molecule has 90 valence electrons. The summed E-state index contributed by atoms with van der Waals surface area (Å²) in [6.45, 7) is 9.03. The fourth-order valence-electron chi connectivity index (χ4n) is 1.67. The smallest absolute Gasteiger partial charge is 0.0772 e. The van der Waals surface area contributed by atoms with E-state index in [0.717, 1.165) is 31.5 Å². The van der Waals surface area contributed by atoms with E-state index >= 15 is 0 Å². The lowest BCUT2D eigenvalue weighted by atomic mass is 10.1. The molecule has 0 aliphatic heterocycles. The maximum atomic E-state index is 4.08. The largest absolute Gasteiger partial charge is 0.309 e. The summed E-state index contributed by atoms with van der Waals surface area (Å²) in [7, 11) is 0.